The molecule has 0 fully saturated rings. The van der Waals surface area contributed by atoms with Crippen LogP contribution in [0, 0.1) is 0 Å². The first-order chi connectivity index (χ1) is 7.30. The van der Waals surface area contributed by atoms with Crippen LogP contribution in [0.1, 0.15) is 16.0 Å². The number of hydrogen-bond donors (Lipinski definition) is 2. The summed E-state index contributed by atoms with van der Waals surface area (Å²) < 4.78 is 0. The van der Waals surface area contributed by atoms with Gasteiger partial charge < -0.3 is 16.0 Å². The van der Waals surface area contributed by atoms with Crippen molar-refractivity contribution in [3.8, 4) is 0 Å². The van der Waals surface area contributed by atoms with Gasteiger partial charge in [0.1, 0.15) is 0 Å². The molecule has 1 aromatic rings. The lowest BCUT2D eigenvalue weighted by Gasteiger charge is -2.25. The smallest absolute Gasteiger partial charge is 0.0931 e. The second-order valence-electron chi connectivity index (χ2n) is 3.67. The first kappa shape index (κ1) is 10.5. The number of thiophene rings is 1. The summed E-state index contributed by atoms with van der Waals surface area (Å²) in [5.41, 5.74) is 8.56. The van der Waals surface area contributed by atoms with Crippen LogP contribution in [0.5, 0.6) is 0 Å². The normalized spacial score (nSPS) is 14.9. The molecule has 0 spiro atoms. The second-order valence-corrected chi connectivity index (χ2v) is 4.77. The Kier molecular flexibility index (Phi) is 2.98. The van der Waals surface area contributed by atoms with Gasteiger partial charge in [0.15, 0.2) is 0 Å². The monoisotopic (exact) mass is 223 g/mol. The summed E-state index contributed by atoms with van der Waals surface area (Å²) >= 11 is 1.83. The Bertz CT molecular complexity index is 370. The highest BCUT2D eigenvalue weighted by molar-refractivity contribution is 7.16. The van der Waals surface area contributed by atoms with Gasteiger partial charge in [-0.2, -0.15) is 0 Å². The molecule has 15 heavy (non-hydrogen) atoms. The first-order valence-corrected chi connectivity index (χ1v) is 5.99. The molecule has 1 aliphatic heterocycles. The number of nitrogens with zero attached hydrogens (tertiary/aromatic N) is 1. The minimum Gasteiger partial charge on any atom is -0.380 e. The zero-order chi connectivity index (χ0) is 10.8. The summed E-state index contributed by atoms with van der Waals surface area (Å²) in [5.74, 6) is 0. The van der Waals surface area contributed by atoms with E-state index in [4.69, 9.17) is 5.73 Å². The third-order valence-corrected chi connectivity index (χ3v) is 4.16. The van der Waals surface area contributed by atoms with Gasteiger partial charge >= 0.3 is 0 Å². The molecule has 0 aromatic carbocycles. The summed E-state index contributed by atoms with van der Waals surface area (Å²) in [7, 11) is 1.96. The molecule has 3 nitrogen and oxygen atoms in total. The molecule has 0 aliphatic carbocycles. The first-order valence-electron chi connectivity index (χ1n) is 5.18. The van der Waals surface area contributed by atoms with Crippen LogP contribution in [0.25, 0.3) is 0 Å². The average molecular weight is 223 g/mol. The van der Waals surface area contributed by atoms with Crippen LogP contribution in [0.2, 0.25) is 0 Å². The number of anilines is 1. The molecule has 0 saturated carbocycles. The fourth-order valence-corrected chi connectivity index (χ4v) is 3.32. The fourth-order valence-electron chi connectivity index (χ4n) is 2.06. The number of fused-ring (bicyclic) bond motifs is 1. The largest absolute Gasteiger partial charge is 0.380 e. The molecule has 0 amide bonds. The van der Waals surface area contributed by atoms with E-state index in [1.807, 2.05) is 24.6 Å². The Morgan fingerprint density at radius 2 is 2.47 bits per heavy atom. The third kappa shape index (κ3) is 1.75. The van der Waals surface area contributed by atoms with Crippen LogP contribution in [0.15, 0.2) is 12.8 Å². The lowest BCUT2D eigenvalue weighted by Crippen LogP contribution is -2.24. The van der Waals surface area contributed by atoms with Crippen molar-refractivity contribution in [3.63, 3.8) is 0 Å². The highest BCUT2D eigenvalue weighted by Gasteiger charge is 2.21. The van der Waals surface area contributed by atoms with E-state index in [9.17, 15) is 0 Å². The van der Waals surface area contributed by atoms with Crippen molar-refractivity contribution in [2.24, 2.45) is 5.73 Å². The Balaban J connectivity index is 2.36. The van der Waals surface area contributed by atoms with Crippen LogP contribution in [-0.4, -0.2) is 18.5 Å². The van der Waals surface area contributed by atoms with Crippen LogP contribution in [0.4, 0.5) is 5.00 Å². The lowest BCUT2D eigenvalue weighted by molar-refractivity contribution is 0.358. The van der Waals surface area contributed by atoms with E-state index in [0.29, 0.717) is 6.54 Å². The molecule has 4 heteroatoms. The molecular weight excluding hydrogens is 206 g/mol. The fraction of sp³-hybridized carbons (Fsp3) is 0.455. The molecule has 0 radical (unpaired) electrons. The molecular formula is C11H17N3S. The minimum atomic E-state index is 0.635. The highest BCUT2D eigenvalue weighted by atomic mass is 32.1. The van der Waals surface area contributed by atoms with E-state index >= 15 is 0 Å². The van der Waals surface area contributed by atoms with E-state index in [0.717, 1.165) is 19.5 Å². The van der Waals surface area contributed by atoms with E-state index in [2.05, 4.69) is 16.8 Å². The second kappa shape index (κ2) is 4.24. The quantitative estimate of drug-likeness (QED) is 0.820. The molecule has 0 unspecified atom stereocenters. The third-order valence-electron chi connectivity index (χ3n) is 2.89. The van der Waals surface area contributed by atoms with Crippen molar-refractivity contribution in [3.05, 3.63) is 28.8 Å². The molecule has 82 valence electrons. The summed E-state index contributed by atoms with van der Waals surface area (Å²) in [6, 6.07) is 0. The minimum absolute atomic E-state index is 0.635. The molecule has 1 aromatic heterocycles. The summed E-state index contributed by atoms with van der Waals surface area (Å²) in [4.78, 5) is 3.68. The standard InChI is InChI=1S/C11H17N3S/c1-3-14-5-4-8-9(6-12)11(13-2)15-10(8)7-14/h3,13H,1,4-7,12H2,2H3. The van der Waals surface area contributed by atoms with Crippen LogP contribution in [-0.2, 0) is 19.5 Å². The maximum atomic E-state index is 5.79. The van der Waals surface area contributed by atoms with Crippen molar-refractivity contribution in [1.29, 1.82) is 0 Å². The Hall–Kier alpha value is -1.00. The highest BCUT2D eigenvalue weighted by Crippen LogP contribution is 2.36. The van der Waals surface area contributed by atoms with Crippen LogP contribution in [0.3, 0.4) is 0 Å². The van der Waals surface area contributed by atoms with Crippen molar-refractivity contribution in [2.45, 2.75) is 19.5 Å². The van der Waals surface area contributed by atoms with Gasteiger partial charge in [-0.15, -0.1) is 11.3 Å². The lowest BCUT2D eigenvalue weighted by atomic mass is 10.0. The molecule has 1 aliphatic rings. The summed E-state index contributed by atoms with van der Waals surface area (Å²) in [6.45, 7) is 6.50. The molecule has 2 heterocycles. The Morgan fingerprint density at radius 1 is 1.67 bits per heavy atom. The van der Waals surface area contributed by atoms with Gasteiger partial charge in [0.05, 0.1) is 11.5 Å². The molecule has 2 rings (SSSR count). The van der Waals surface area contributed by atoms with Gasteiger partial charge in [-0.25, -0.2) is 0 Å². The predicted molar refractivity (Wildman–Crippen MR) is 66.1 cm³/mol. The summed E-state index contributed by atoms with van der Waals surface area (Å²) in [6.07, 6.45) is 3.01. The zero-order valence-electron chi connectivity index (χ0n) is 9.05. The van der Waals surface area contributed by atoms with Crippen LogP contribution < -0.4 is 11.1 Å². The molecule has 0 bridgehead atoms. The number of hydrogen-bond acceptors (Lipinski definition) is 4. The van der Waals surface area contributed by atoms with E-state index in [-0.39, 0.29) is 0 Å². The Labute approximate surface area is 94.6 Å². The summed E-state index contributed by atoms with van der Waals surface area (Å²) in [5, 5.41) is 4.46. The zero-order valence-corrected chi connectivity index (χ0v) is 9.86. The Morgan fingerprint density at radius 3 is 3.07 bits per heavy atom. The number of nitrogens with one attached hydrogen (secondary N) is 1. The predicted octanol–water partition coefficient (Wildman–Crippen LogP) is 1.75. The van der Waals surface area contributed by atoms with E-state index in [1.165, 1.54) is 21.0 Å². The van der Waals surface area contributed by atoms with Crippen LogP contribution >= 0.6 is 11.3 Å². The molecule has 0 saturated heterocycles. The topological polar surface area (TPSA) is 41.3 Å². The number of nitrogens with two attached hydrogens (primary N) is 1. The van der Waals surface area contributed by atoms with Crippen molar-refractivity contribution in [1.82, 2.24) is 4.90 Å². The van der Waals surface area contributed by atoms with E-state index in [1.54, 1.807) is 0 Å². The van der Waals surface area contributed by atoms with Gasteiger partial charge in [0, 0.05) is 30.6 Å². The van der Waals surface area contributed by atoms with E-state index < -0.39 is 0 Å². The molecule has 0 atom stereocenters. The van der Waals surface area contributed by atoms with Gasteiger partial charge in [0.25, 0.3) is 0 Å². The molecule has 3 N–H and O–H groups in total. The SMILES string of the molecule is C=CN1CCc2c(sc(NC)c2CN)C1. The maximum Gasteiger partial charge on any atom is 0.0931 e. The van der Waals surface area contributed by atoms with Gasteiger partial charge in [-0.1, -0.05) is 6.58 Å². The van der Waals surface area contributed by atoms with Crippen molar-refractivity contribution in [2.75, 3.05) is 18.9 Å². The maximum absolute atomic E-state index is 5.79. The average Bonchev–Trinajstić information content (AvgIpc) is 2.65. The van der Waals surface area contributed by atoms with Crippen molar-refractivity contribution < 1.29 is 0 Å². The van der Waals surface area contributed by atoms with Crippen molar-refractivity contribution >= 4 is 16.3 Å². The van der Waals surface area contributed by atoms with Gasteiger partial charge in [0.2, 0.25) is 0 Å². The van der Waals surface area contributed by atoms with Gasteiger partial charge in [-0.3, -0.25) is 0 Å². The number of rotatable bonds is 3. The van der Waals surface area contributed by atoms with Gasteiger partial charge in [-0.05, 0) is 18.2 Å².